The summed E-state index contributed by atoms with van der Waals surface area (Å²) in [6, 6.07) is 60.8. The number of hydrogen-bond acceptors (Lipinski definition) is 2. The third-order valence-electron chi connectivity index (χ3n) is 11.4. The van der Waals surface area contributed by atoms with Crippen molar-refractivity contribution in [2.75, 3.05) is 0 Å². The van der Waals surface area contributed by atoms with Crippen molar-refractivity contribution in [3.05, 3.63) is 199 Å². The van der Waals surface area contributed by atoms with Gasteiger partial charge in [0.2, 0.25) is 5.95 Å². The van der Waals surface area contributed by atoms with E-state index in [-0.39, 0.29) is 11.8 Å². The fourth-order valence-electron chi connectivity index (χ4n) is 8.81. The molecule has 2 unspecified atom stereocenters. The molecule has 0 radical (unpaired) electrons. The molecule has 0 amide bonds. The van der Waals surface area contributed by atoms with Gasteiger partial charge in [0.25, 0.3) is 0 Å². The summed E-state index contributed by atoms with van der Waals surface area (Å²) in [5, 5.41) is 5.95. The lowest BCUT2D eigenvalue weighted by molar-refractivity contribution is 0.624. The first-order valence-corrected chi connectivity index (χ1v) is 19.0. The Hall–Kier alpha value is -7.04. The first-order valence-electron chi connectivity index (χ1n) is 19.0. The van der Waals surface area contributed by atoms with Crippen molar-refractivity contribution in [2.45, 2.75) is 12.8 Å². The van der Waals surface area contributed by atoms with E-state index in [0.29, 0.717) is 5.95 Å². The Bertz CT molecular complexity index is 3170. The standard InChI is InChI=1S/C51H36N4/c1-33-30-35(34-14-4-2-5-15-34)24-27-39(33)50-42-20-8-11-21-45(42)52-51(53-50)55-47-23-13-10-19-41(47)44-32-37(26-29-49(44)55)36-25-28-48-43(31-36)40-18-9-12-22-46(40)54(48)38-16-6-3-7-17-38/h2-33,39H,1H3. The van der Waals surface area contributed by atoms with Gasteiger partial charge in [-0.05, 0) is 82.8 Å². The maximum Gasteiger partial charge on any atom is 0.235 e. The molecule has 3 aromatic heterocycles. The fourth-order valence-corrected chi connectivity index (χ4v) is 8.81. The van der Waals surface area contributed by atoms with E-state index in [9.17, 15) is 0 Å². The van der Waals surface area contributed by atoms with Gasteiger partial charge in [-0.1, -0.05) is 140 Å². The van der Waals surface area contributed by atoms with Gasteiger partial charge in [-0.2, -0.15) is 0 Å². The van der Waals surface area contributed by atoms with Crippen molar-refractivity contribution in [2.24, 2.45) is 5.92 Å². The molecule has 7 aromatic carbocycles. The van der Waals surface area contributed by atoms with Crippen LogP contribution in [0.5, 0.6) is 0 Å². The van der Waals surface area contributed by atoms with Crippen LogP contribution in [0.25, 0.3) is 82.9 Å². The van der Waals surface area contributed by atoms with Crippen LogP contribution in [-0.4, -0.2) is 19.1 Å². The molecule has 1 aliphatic carbocycles. The van der Waals surface area contributed by atoms with Crippen molar-refractivity contribution >= 4 is 60.1 Å². The van der Waals surface area contributed by atoms with Gasteiger partial charge in [-0.3, -0.25) is 4.57 Å². The van der Waals surface area contributed by atoms with Crippen LogP contribution in [0, 0.1) is 5.92 Å². The van der Waals surface area contributed by atoms with E-state index in [2.05, 4.69) is 204 Å². The van der Waals surface area contributed by atoms with E-state index < -0.39 is 0 Å². The lowest BCUT2D eigenvalue weighted by atomic mass is 9.82. The third-order valence-corrected chi connectivity index (χ3v) is 11.4. The molecular formula is C51H36N4. The first kappa shape index (κ1) is 31.5. The maximum atomic E-state index is 5.46. The highest BCUT2D eigenvalue weighted by molar-refractivity contribution is 6.12. The minimum atomic E-state index is 0.113. The molecule has 0 fully saturated rings. The largest absolute Gasteiger partial charge is 0.309 e. The molecular weight excluding hydrogens is 669 g/mol. The van der Waals surface area contributed by atoms with Gasteiger partial charge in [0.1, 0.15) is 0 Å². The van der Waals surface area contributed by atoms with Gasteiger partial charge in [0, 0.05) is 38.5 Å². The molecule has 3 heterocycles. The number of aromatic nitrogens is 4. The van der Waals surface area contributed by atoms with E-state index >= 15 is 0 Å². The lowest BCUT2D eigenvalue weighted by Crippen LogP contribution is -2.14. The summed E-state index contributed by atoms with van der Waals surface area (Å²) < 4.78 is 4.62. The summed E-state index contributed by atoms with van der Waals surface area (Å²) in [5.41, 5.74) is 12.6. The Kier molecular flexibility index (Phi) is 7.17. The normalized spacial score (nSPS) is 15.8. The zero-order valence-corrected chi connectivity index (χ0v) is 30.3. The van der Waals surface area contributed by atoms with E-state index in [1.807, 2.05) is 0 Å². The Labute approximate surface area is 319 Å². The van der Waals surface area contributed by atoms with Gasteiger partial charge in [-0.25, -0.2) is 9.97 Å². The molecule has 1 aliphatic rings. The molecule has 4 nitrogen and oxygen atoms in total. The molecule has 0 bridgehead atoms. The smallest absolute Gasteiger partial charge is 0.235 e. The number of nitrogens with zero attached hydrogens (tertiary/aromatic N) is 4. The summed E-state index contributed by atoms with van der Waals surface area (Å²) in [7, 11) is 0. The van der Waals surface area contributed by atoms with Crippen LogP contribution in [0.1, 0.15) is 24.1 Å². The number of para-hydroxylation sites is 4. The predicted molar refractivity (Wildman–Crippen MR) is 229 cm³/mol. The molecule has 0 spiro atoms. The highest BCUT2D eigenvalue weighted by atomic mass is 15.2. The lowest BCUT2D eigenvalue weighted by Gasteiger charge is -2.24. The molecule has 0 N–H and O–H groups in total. The van der Waals surface area contributed by atoms with E-state index in [0.717, 1.165) is 33.3 Å². The molecule has 4 heteroatoms. The molecule has 260 valence electrons. The van der Waals surface area contributed by atoms with E-state index in [1.54, 1.807) is 0 Å². The number of rotatable bonds is 5. The van der Waals surface area contributed by atoms with Crippen LogP contribution < -0.4 is 0 Å². The zero-order chi connectivity index (χ0) is 36.5. The highest BCUT2D eigenvalue weighted by Gasteiger charge is 2.25. The van der Waals surface area contributed by atoms with Crippen LogP contribution in [0.15, 0.2) is 188 Å². The van der Waals surface area contributed by atoms with E-state index in [4.69, 9.17) is 9.97 Å². The molecule has 10 aromatic rings. The Balaban J connectivity index is 1.06. The van der Waals surface area contributed by atoms with Crippen molar-refractivity contribution < 1.29 is 0 Å². The topological polar surface area (TPSA) is 35.6 Å². The van der Waals surface area contributed by atoms with Crippen molar-refractivity contribution in [1.82, 2.24) is 19.1 Å². The average molecular weight is 705 g/mol. The maximum absolute atomic E-state index is 5.46. The van der Waals surface area contributed by atoms with E-state index in [1.165, 1.54) is 54.8 Å². The highest BCUT2D eigenvalue weighted by Crippen LogP contribution is 2.40. The molecule has 0 aliphatic heterocycles. The Morgan fingerprint density at radius 1 is 0.455 bits per heavy atom. The second kappa shape index (κ2) is 12.5. The van der Waals surface area contributed by atoms with Crippen molar-refractivity contribution in [3.8, 4) is 22.8 Å². The SMILES string of the molecule is CC1C=C(c2ccccc2)C=CC1c1nc(-n2c3ccccc3c3cc(-c4ccc5c(c4)c4ccccc4n5-c4ccccc4)ccc32)nc2ccccc12. The van der Waals surface area contributed by atoms with Crippen LogP contribution >= 0.6 is 0 Å². The second-order valence-electron chi connectivity index (χ2n) is 14.7. The Morgan fingerprint density at radius 3 is 1.67 bits per heavy atom. The van der Waals surface area contributed by atoms with Crippen LogP contribution in [-0.2, 0) is 0 Å². The van der Waals surface area contributed by atoms with Gasteiger partial charge < -0.3 is 4.57 Å². The quantitative estimate of drug-likeness (QED) is 0.179. The summed E-state index contributed by atoms with van der Waals surface area (Å²) in [6.07, 6.45) is 6.97. The van der Waals surface area contributed by atoms with Gasteiger partial charge in [0.05, 0.1) is 33.3 Å². The Morgan fingerprint density at radius 2 is 1.00 bits per heavy atom. The average Bonchev–Trinajstić information content (AvgIpc) is 3.76. The molecule has 55 heavy (non-hydrogen) atoms. The van der Waals surface area contributed by atoms with Crippen LogP contribution in [0.3, 0.4) is 0 Å². The van der Waals surface area contributed by atoms with Gasteiger partial charge in [-0.15, -0.1) is 0 Å². The number of hydrogen-bond donors (Lipinski definition) is 0. The zero-order valence-electron chi connectivity index (χ0n) is 30.3. The molecule has 0 saturated carbocycles. The molecule has 2 atom stereocenters. The molecule has 0 saturated heterocycles. The summed E-state index contributed by atoms with van der Waals surface area (Å²) in [4.78, 5) is 10.7. The number of benzene rings is 7. The monoisotopic (exact) mass is 704 g/mol. The molecule has 11 rings (SSSR count). The third kappa shape index (κ3) is 5.06. The summed E-state index contributed by atoms with van der Waals surface area (Å²) in [5.74, 6) is 1.06. The van der Waals surface area contributed by atoms with Crippen LogP contribution in [0.2, 0.25) is 0 Å². The van der Waals surface area contributed by atoms with Gasteiger partial charge >= 0.3 is 0 Å². The second-order valence-corrected chi connectivity index (χ2v) is 14.7. The number of fused-ring (bicyclic) bond motifs is 7. The summed E-state index contributed by atoms with van der Waals surface area (Å²) in [6.45, 7) is 2.30. The van der Waals surface area contributed by atoms with Gasteiger partial charge in [0.15, 0.2) is 0 Å². The van der Waals surface area contributed by atoms with Crippen molar-refractivity contribution in [3.63, 3.8) is 0 Å². The predicted octanol–water partition coefficient (Wildman–Crippen LogP) is 12.9. The fraction of sp³-hybridized carbons (Fsp3) is 0.0588. The minimum Gasteiger partial charge on any atom is -0.309 e. The number of allylic oxidation sites excluding steroid dienone is 4. The van der Waals surface area contributed by atoms with Crippen molar-refractivity contribution in [1.29, 1.82) is 0 Å². The summed E-state index contributed by atoms with van der Waals surface area (Å²) >= 11 is 0. The minimum absolute atomic E-state index is 0.113. The van der Waals surface area contributed by atoms with Crippen LogP contribution in [0.4, 0.5) is 0 Å². The first-order chi connectivity index (χ1) is 27.2.